The second-order valence-electron chi connectivity index (χ2n) is 2.28. The van der Waals surface area contributed by atoms with Crippen molar-refractivity contribution in [1.82, 2.24) is 19.9 Å². The SMILES string of the molecule is Nc1cc(Sc2ncc[nH]2)ncn1. The van der Waals surface area contributed by atoms with Gasteiger partial charge in [0.05, 0.1) is 0 Å². The van der Waals surface area contributed by atoms with Crippen molar-refractivity contribution >= 4 is 17.6 Å². The predicted molar refractivity (Wildman–Crippen MR) is 49.2 cm³/mol. The summed E-state index contributed by atoms with van der Waals surface area (Å²) >= 11 is 1.41. The smallest absolute Gasteiger partial charge is 0.171 e. The third-order valence-corrected chi connectivity index (χ3v) is 2.19. The number of nitrogens with one attached hydrogen (secondary N) is 1. The lowest BCUT2D eigenvalue weighted by Crippen LogP contribution is -1.91. The van der Waals surface area contributed by atoms with Crippen molar-refractivity contribution in [2.75, 3.05) is 5.73 Å². The number of hydrogen-bond acceptors (Lipinski definition) is 5. The number of nitrogens with two attached hydrogens (primary N) is 1. The summed E-state index contributed by atoms with van der Waals surface area (Å²) in [7, 11) is 0. The van der Waals surface area contributed by atoms with E-state index in [-0.39, 0.29) is 0 Å². The van der Waals surface area contributed by atoms with Gasteiger partial charge in [-0.15, -0.1) is 0 Å². The number of hydrogen-bond donors (Lipinski definition) is 2. The molecule has 0 saturated heterocycles. The predicted octanol–water partition coefficient (Wildman–Crippen LogP) is 0.933. The van der Waals surface area contributed by atoms with Crippen LogP contribution in [0.2, 0.25) is 0 Å². The third-order valence-electron chi connectivity index (χ3n) is 1.34. The molecule has 0 aromatic carbocycles. The first-order valence-corrected chi connectivity index (χ1v) is 4.41. The Kier molecular flexibility index (Phi) is 2.13. The van der Waals surface area contributed by atoms with E-state index in [1.54, 1.807) is 18.5 Å². The standard InChI is InChI=1S/C7H7N5S/c8-5-3-6(12-4-11-5)13-7-9-1-2-10-7/h1-4H,(H,9,10)(H2,8,11,12). The van der Waals surface area contributed by atoms with Gasteiger partial charge in [0.25, 0.3) is 0 Å². The van der Waals surface area contributed by atoms with E-state index < -0.39 is 0 Å². The fraction of sp³-hybridized carbons (Fsp3) is 0. The fourth-order valence-electron chi connectivity index (χ4n) is 0.815. The van der Waals surface area contributed by atoms with Gasteiger partial charge in [-0.2, -0.15) is 0 Å². The van der Waals surface area contributed by atoms with E-state index in [1.807, 2.05) is 0 Å². The van der Waals surface area contributed by atoms with E-state index in [1.165, 1.54) is 18.1 Å². The van der Waals surface area contributed by atoms with Crippen molar-refractivity contribution in [3.8, 4) is 0 Å². The number of aromatic nitrogens is 4. The molecule has 5 nitrogen and oxygen atoms in total. The Bertz CT molecular complexity index is 386. The molecular weight excluding hydrogens is 186 g/mol. The minimum Gasteiger partial charge on any atom is -0.384 e. The van der Waals surface area contributed by atoms with Gasteiger partial charge in [0, 0.05) is 18.5 Å². The second-order valence-corrected chi connectivity index (χ2v) is 3.29. The van der Waals surface area contributed by atoms with E-state index in [9.17, 15) is 0 Å². The summed E-state index contributed by atoms with van der Waals surface area (Å²) in [6.07, 6.45) is 4.88. The van der Waals surface area contributed by atoms with Crippen molar-refractivity contribution in [3.05, 3.63) is 24.8 Å². The topological polar surface area (TPSA) is 80.5 Å². The van der Waals surface area contributed by atoms with E-state index >= 15 is 0 Å². The molecule has 2 heterocycles. The maximum atomic E-state index is 5.49. The minimum atomic E-state index is 0.462. The van der Waals surface area contributed by atoms with Crippen LogP contribution in [-0.2, 0) is 0 Å². The van der Waals surface area contributed by atoms with Gasteiger partial charge in [-0.3, -0.25) is 0 Å². The molecular formula is C7H7N5S. The Labute approximate surface area is 78.8 Å². The van der Waals surface area contributed by atoms with Gasteiger partial charge in [-0.05, 0) is 11.8 Å². The first-order chi connectivity index (χ1) is 6.34. The van der Waals surface area contributed by atoms with Crippen LogP contribution in [0.5, 0.6) is 0 Å². The van der Waals surface area contributed by atoms with Crippen LogP contribution in [0.15, 0.2) is 35.0 Å². The van der Waals surface area contributed by atoms with Crippen molar-refractivity contribution in [2.24, 2.45) is 0 Å². The molecule has 2 rings (SSSR count). The van der Waals surface area contributed by atoms with Gasteiger partial charge in [-0.1, -0.05) is 0 Å². The maximum absolute atomic E-state index is 5.49. The van der Waals surface area contributed by atoms with Crippen LogP contribution < -0.4 is 5.73 Å². The number of nitrogen functional groups attached to an aromatic ring is 1. The zero-order valence-electron chi connectivity index (χ0n) is 6.64. The first-order valence-electron chi connectivity index (χ1n) is 3.59. The molecule has 0 amide bonds. The molecule has 0 radical (unpaired) electrons. The number of rotatable bonds is 2. The summed E-state index contributed by atoms with van der Waals surface area (Å²) in [5.41, 5.74) is 5.49. The third kappa shape index (κ3) is 1.97. The van der Waals surface area contributed by atoms with Crippen molar-refractivity contribution in [2.45, 2.75) is 10.2 Å². The molecule has 6 heteroatoms. The molecule has 66 valence electrons. The molecule has 13 heavy (non-hydrogen) atoms. The van der Waals surface area contributed by atoms with Crippen LogP contribution in [0.3, 0.4) is 0 Å². The molecule has 0 saturated carbocycles. The second kappa shape index (κ2) is 3.44. The monoisotopic (exact) mass is 193 g/mol. The zero-order chi connectivity index (χ0) is 9.10. The van der Waals surface area contributed by atoms with Crippen LogP contribution in [0.25, 0.3) is 0 Å². The normalized spacial score (nSPS) is 10.2. The minimum absolute atomic E-state index is 0.462. The molecule has 0 aliphatic heterocycles. The van der Waals surface area contributed by atoms with E-state index in [4.69, 9.17) is 5.73 Å². The number of aromatic amines is 1. The highest BCUT2D eigenvalue weighted by atomic mass is 32.2. The number of anilines is 1. The Morgan fingerprint density at radius 2 is 2.23 bits per heavy atom. The largest absolute Gasteiger partial charge is 0.384 e. The van der Waals surface area contributed by atoms with Gasteiger partial charge in [-0.25, -0.2) is 15.0 Å². The molecule has 0 bridgehead atoms. The molecule has 2 aromatic rings. The molecule has 2 aromatic heterocycles. The highest BCUT2D eigenvalue weighted by molar-refractivity contribution is 7.99. The van der Waals surface area contributed by atoms with Gasteiger partial charge in [0.2, 0.25) is 0 Å². The summed E-state index contributed by atoms with van der Waals surface area (Å²) in [5.74, 6) is 0.462. The van der Waals surface area contributed by atoms with Crippen LogP contribution in [-0.4, -0.2) is 19.9 Å². The fourth-order valence-corrected chi connectivity index (χ4v) is 1.53. The number of imidazole rings is 1. The maximum Gasteiger partial charge on any atom is 0.171 e. The lowest BCUT2D eigenvalue weighted by molar-refractivity contribution is 1.02. The molecule has 0 aliphatic carbocycles. The average molecular weight is 193 g/mol. The van der Waals surface area contributed by atoms with E-state index in [0.29, 0.717) is 5.82 Å². The number of nitrogens with zero attached hydrogens (tertiary/aromatic N) is 3. The van der Waals surface area contributed by atoms with E-state index in [0.717, 1.165) is 10.2 Å². The molecule has 0 spiro atoms. The highest BCUT2D eigenvalue weighted by Crippen LogP contribution is 2.22. The molecule has 0 aliphatic rings. The van der Waals surface area contributed by atoms with Crippen LogP contribution in [0, 0.1) is 0 Å². The Morgan fingerprint density at radius 3 is 2.92 bits per heavy atom. The molecule has 0 atom stereocenters. The van der Waals surface area contributed by atoms with Gasteiger partial charge in [0.1, 0.15) is 17.2 Å². The highest BCUT2D eigenvalue weighted by Gasteiger charge is 2.00. The Hall–Kier alpha value is -1.56. The summed E-state index contributed by atoms with van der Waals surface area (Å²) in [5, 5.41) is 1.57. The van der Waals surface area contributed by atoms with Crippen molar-refractivity contribution < 1.29 is 0 Å². The van der Waals surface area contributed by atoms with Crippen LogP contribution in [0.4, 0.5) is 5.82 Å². The molecule has 3 N–H and O–H groups in total. The van der Waals surface area contributed by atoms with Gasteiger partial charge in [0.15, 0.2) is 5.16 Å². The van der Waals surface area contributed by atoms with Gasteiger partial charge >= 0.3 is 0 Å². The number of H-pyrrole nitrogens is 1. The lowest BCUT2D eigenvalue weighted by atomic mass is 10.6. The van der Waals surface area contributed by atoms with Crippen LogP contribution in [0.1, 0.15) is 0 Å². The van der Waals surface area contributed by atoms with Crippen molar-refractivity contribution in [3.63, 3.8) is 0 Å². The average Bonchev–Trinajstić information content (AvgIpc) is 2.57. The quantitative estimate of drug-likeness (QED) is 0.693. The van der Waals surface area contributed by atoms with Crippen molar-refractivity contribution in [1.29, 1.82) is 0 Å². The Balaban J connectivity index is 2.19. The molecule has 0 unspecified atom stereocenters. The van der Waals surface area contributed by atoms with Crippen LogP contribution >= 0.6 is 11.8 Å². The summed E-state index contributed by atoms with van der Waals surface area (Å²) < 4.78 is 0. The van der Waals surface area contributed by atoms with E-state index in [2.05, 4.69) is 19.9 Å². The van der Waals surface area contributed by atoms with Gasteiger partial charge < -0.3 is 10.7 Å². The lowest BCUT2D eigenvalue weighted by Gasteiger charge is -1.96. The Morgan fingerprint density at radius 1 is 1.31 bits per heavy atom. The first kappa shape index (κ1) is 8.06. The summed E-state index contributed by atoms with van der Waals surface area (Å²) in [4.78, 5) is 14.8. The summed E-state index contributed by atoms with van der Waals surface area (Å²) in [6, 6.07) is 1.70. The summed E-state index contributed by atoms with van der Waals surface area (Å²) in [6.45, 7) is 0. The zero-order valence-corrected chi connectivity index (χ0v) is 7.45. The molecule has 0 fully saturated rings.